The van der Waals surface area contributed by atoms with Gasteiger partial charge < -0.3 is 10.1 Å². The number of rotatable bonds is 3. The van der Waals surface area contributed by atoms with Crippen LogP contribution < -0.4 is 5.32 Å². The Morgan fingerprint density at radius 3 is 2.73 bits per heavy atom. The molecule has 2 nitrogen and oxygen atoms in total. The number of anilines is 1. The molecular formula is C9H13NO. The highest BCUT2D eigenvalue weighted by atomic mass is 16.5. The molecule has 1 N–H and O–H groups in total. The number of aryl methyl sites for hydroxylation is 1. The molecule has 60 valence electrons. The van der Waals surface area contributed by atoms with E-state index in [0.29, 0.717) is 6.73 Å². The zero-order chi connectivity index (χ0) is 8.10. The lowest BCUT2D eigenvalue weighted by Gasteiger charge is -2.06. The minimum atomic E-state index is 0.560. The first kappa shape index (κ1) is 8.08. The molecule has 0 amide bonds. The van der Waals surface area contributed by atoms with Crippen molar-refractivity contribution in [1.82, 2.24) is 0 Å². The minimum Gasteiger partial charge on any atom is -0.365 e. The molecule has 0 saturated carbocycles. The van der Waals surface area contributed by atoms with Crippen LogP contribution in [0.2, 0.25) is 0 Å². The van der Waals surface area contributed by atoms with Crippen LogP contribution in [0.5, 0.6) is 0 Å². The second-order valence-corrected chi connectivity index (χ2v) is 2.42. The summed E-state index contributed by atoms with van der Waals surface area (Å²) in [6.45, 7) is 2.63. The molecule has 0 radical (unpaired) electrons. The molecule has 0 spiro atoms. The SMILES string of the molecule is COCNc1ccccc1C. The Morgan fingerprint density at radius 2 is 2.09 bits per heavy atom. The van der Waals surface area contributed by atoms with Gasteiger partial charge in [0, 0.05) is 12.8 Å². The molecule has 0 aliphatic rings. The monoisotopic (exact) mass is 151 g/mol. The smallest absolute Gasteiger partial charge is 0.116 e. The van der Waals surface area contributed by atoms with E-state index in [1.54, 1.807) is 7.11 Å². The van der Waals surface area contributed by atoms with Gasteiger partial charge in [0.2, 0.25) is 0 Å². The van der Waals surface area contributed by atoms with Gasteiger partial charge in [0.15, 0.2) is 0 Å². The van der Waals surface area contributed by atoms with Crippen LogP contribution in [0.4, 0.5) is 5.69 Å². The number of benzene rings is 1. The Labute approximate surface area is 67.2 Å². The average Bonchev–Trinajstić information content (AvgIpc) is 2.03. The molecule has 1 aromatic carbocycles. The average molecular weight is 151 g/mol. The fraction of sp³-hybridized carbons (Fsp3) is 0.333. The van der Waals surface area contributed by atoms with Gasteiger partial charge in [0.05, 0.1) is 0 Å². The zero-order valence-electron chi connectivity index (χ0n) is 6.92. The highest BCUT2D eigenvalue weighted by Gasteiger charge is 1.92. The second-order valence-electron chi connectivity index (χ2n) is 2.42. The third-order valence-corrected chi connectivity index (χ3v) is 1.55. The maximum atomic E-state index is 4.89. The molecule has 0 heterocycles. The topological polar surface area (TPSA) is 21.3 Å². The first-order chi connectivity index (χ1) is 5.34. The Bertz CT molecular complexity index is 223. The van der Waals surface area contributed by atoms with Crippen LogP contribution in [0.1, 0.15) is 5.56 Å². The van der Waals surface area contributed by atoms with Crippen molar-refractivity contribution < 1.29 is 4.74 Å². The second kappa shape index (κ2) is 3.98. The van der Waals surface area contributed by atoms with Crippen LogP contribution >= 0.6 is 0 Å². The maximum absolute atomic E-state index is 4.89. The van der Waals surface area contributed by atoms with E-state index < -0.39 is 0 Å². The standard InChI is InChI=1S/C9H13NO/c1-8-5-3-4-6-9(8)10-7-11-2/h3-6,10H,7H2,1-2H3. The predicted molar refractivity (Wildman–Crippen MR) is 46.7 cm³/mol. The molecule has 0 unspecified atom stereocenters. The number of ether oxygens (including phenoxy) is 1. The summed E-state index contributed by atoms with van der Waals surface area (Å²) in [4.78, 5) is 0. The lowest BCUT2D eigenvalue weighted by atomic mass is 10.2. The minimum absolute atomic E-state index is 0.560. The summed E-state index contributed by atoms with van der Waals surface area (Å²) in [7, 11) is 1.67. The van der Waals surface area contributed by atoms with E-state index in [1.807, 2.05) is 18.2 Å². The molecule has 0 aromatic heterocycles. The summed E-state index contributed by atoms with van der Waals surface area (Å²) >= 11 is 0. The zero-order valence-corrected chi connectivity index (χ0v) is 6.92. The van der Waals surface area contributed by atoms with Crippen LogP contribution in [0.25, 0.3) is 0 Å². The van der Waals surface area contributed by atoms with Crippen molar-refractivity contribution in [3.8, 4) is 0 Å². The van der Waals surface area contributed by atoms with E-state index in [9.17, 15) is 0 Å². The van der Waals surface area contributed by atoms with Gasteiger partial charge in [-0.05, 0) is 18.6 Å². The summed E-state index contributed by atoms with van der Waals surface area (Å²) in [5.74, 6) is 0. The Hall–Kier alpha value is -1.02. The third kappa shape index (κ3) is 2.24. The highest BCUT2D eigenvalue weighted by Crippen LogP contribution is 2.11. The number of methoxy groups -OCH3 is 1. The number of para-hydroxylation sites is 1. The van der Waals surface area contributed by atoms with Crippen molar-refractivity contribution in [2.24, 2.45) is 0 Å². The van der Waals surface area contributed by atoms with Crippen molar-refractivity contribution in [3.63, 3.8) is 0 Å². The van der Waals surface area contributed by atoms with Gasteiger partial charge in [-0.25, -0.2) is 0 Å². The molecule has 0 bridgehead atoms. The molecule has 0 aliphatic heterocycles. The quantitative estimate of drug-likeness (QED) is 0.667. The summed E-state index contributed by atoms with van der Waals surface area (Å²) in [5, 5.41) is 3.14. The highest BCUT2D eigenvalue weighted by molar-refractivity contribution is 5.49. The summed E-state index contributed by atoms with van der Waals surface area (Å²) < 4.78 is 4.89. The molecule has 1 aromatic rings. The summed E-state index contributed by atoms with van der Waals surface area (Å²) in [6, 6.07) is 8.13. The molecule has 11 heavy (non-hydrogen) atoms. The van der Waals surface area contributed by atoms with Gasteiger partial charge in [-0.3, -0.25) is 0 Å². The van der Waals surface area contributed by atoms with Gasteiger partial charge in [0.25, 0.3) is 0 Å². The summed E-state index contributed by atoms with van der Waals surface area (Å²) in [6.07, 6.45) is 0. The van der Waals surface area contributed by atoms with Gasteiger partial charge in [-0.15, -0.1) is 0 Å². The molecule has 0 saturated heterocycles. The van der Waals surface area contributed by atoms with Gasteiger partial charge in [-0.1, -0.05) is 18.2 Å². The summed E-state index contributed by atoms with van der Waals surface area (Å²) in [5.41, 5.74) is 2.37. The molecule has 0 atom stereocenters. The van der Waals surface area contributed by atoms with Crippen molar-refractivity contribution in [2.45, 2.75) is 6.92 Å². The molecule has 0 aliphatic carbocycles. The van der Waals surface area contributed by atoms with Gasteiger partial charge in [0.1, 0.15) is 6.73 Å². The van der Waals surface area contributed by atoms with Crippen molar-refractivity contribution in [2.75, 3.05) is 19.2 Å². The number of hydrogen-bond acceptors (Lipinski definition) is 2. The maximum Gasteiger partial charge on any atom is 0.116 e. The fourth-order valence-corrected chi connectivity index (χ4v) is 0.921. The lowest BCUT2D eigenvalue weighted by molar-refractivity contribution is 0.221. The Kier molecular flexibility index (Phi) is 2.93. The number of hydrogen-bond donors (Lipinski definition) is 1. The van der Waals surface area contributed by atoms with Gasteiger partial charge in [-0.2, -0.15) is 0 Å². The number of nitrogens with one attached hydrogen (secondary N) is 1. The largest absolute Gasteiger partial charge is 0.365 e. The van der Waals surface area contributed by atoms with Crippen molar-refractivity contribution in [3.05, 3.63) is 29.8 Å². The van der Waals surface area contributed by atoms with Crippen molar-refractivity contribution >= 4 is 5.69 Å². The van der Waals surface area contributed by atoms with E-state index in [4.69, 9.17) is 4.74 Å². The normalized spacial score (nSPS) is 9.64. The van der Waals surface area contributed by atoms with Crippen LogP contribution in [0, 0.1) is 6.92 Å². The van der Waals surface area contributed by atoms with Crippen LogP contribution in [-0.4, -0.2) is 13.8 Å². The van der Waals surface area contributed by atoms with E-state index in [0.717, 1.165) is 5.69 Å². The molecule has 1 rings (SSSR count). The predicted octanol–water partition coefficient (Wildman–Crippen LogP) is 2.01. The van der Waals surface area contributed by atoms with E-state index in [1.165, 1.54) is 5.56 Å². The van der Waals surface area contributed by atoms with E-state index >= 15 is 0 Å². The van der Waals surface area contributed by atoms with Crippen molar-refractivity contribution in [1.29, 1.82) is 0 Å². The van der Waals surface area contributed by atoms with E-state index in [2.05, 4.69) is 18.3 Å². The molecular weight excluding hydrogens is 138 g/mol. The first-order valence-electron chi connectivity index (χ1n) is 3.63. The van der Waals surface area contributed by atoms with E-state index in [-0.39, 0.29) is 0 Å². The Morgan fingerprint density at radius 1 is 1.36 bits per heavy atom. The Balaban J connectivity index is 2.62. The first-order valence-corrected chi connectivity index (χ1v) is 3.63. The molecule has 0 fully saturated rings. The van der Waals surface area contributed by atoms with Crippen LogP contribution in [0.15, 0.2) is 24.3 Å². The third-order valence-electron chi connectivity index (χ3n) is 1.55. The lowest BCUT2D eigenvalue weighted by Crippen LogP contribution is -2.03. The fourth-order valence-electron chi connectivity index (χ4n) is 0.921. The van der Waals surface area contributed by atoms with Crippen LogP contribution in [-0.2, 0) is 4.74 Å². The molecule has 2 heteroatoms. The van der Waals surface area contributed by atoms with Gasteiger partial charge >= 0.3 is 0 Å². The van der Waals surface area contributed by atoms with Crippen LogP contribution in [0.3, 0.4) is 0 Å².